The van der Waals surface area contributed by atoms with Crippen LogP contribution in [0.2, 0.25) is 0 Å². The van der Waals surface area contributed by atoms with Gasteiger partial charge < -0.3 is 9.29 Å². The summed E-state index contributed by atoms with van der Waals surface area (Å²) in [5, 5.41) is 2.72. The third kappa shape index (κ3) is 5.02. The van der Waals surface area contributed by atoms with Crippen molar-refractivity contribution in [1.82, 2.24) is 0 Å². The maximum Gasteiger partial charge on any atom is 0.485 e. The molecule has 4 nitrogen and oxygen atoms in total. The van der Waals surface area contributed by atoms with E-state index in [4.69, 9.17) is 17.7 Å². The standard InChI is InChI=1S/C15H17OS.CHF3O3S/c1-16-13-7-8-14-12(11-13)5-4-6-15(14)17-9-2-3-10-17;2-1(3,4)8(5,6)7/h4-8,11H,2-3,9-10H2,1H3;(H,5,6,7)/q+1;/p-1. The Labute approximate surface area is 147 Å². The molecule has 9 heteroatoms. The van der Waals surface area contributed by atoms with Crippen molar-refractivity contribution >= 4 is 31.8 Å². The Hall–Kier alpha value is -1.45. The highest BCUT2D eigenvalue weighted by atomic mass is 32.2. The van der Waals surface area contributed by atoms with Crippen molar-refractivity contribution in [3.8, 4) is 5.75 Å². The lowest BCUT2D eigenvalue weighted by molar-refractivity contribution is -0.0517. The molecule has 0 unspecified atom stereocenters. The van der Waals surface area contributed by atoms with Crippen LogP contribution in [0.1, 0.15) is 12.8 Å². The maximum atomic E-state index is 10.7. The first-order valence-electron chi connectivity index (χ1n) is 7.40. The number of methoxy groups -OCH3 is 1. The van der Waals surface area contributed by atoms with Crippen LogP contribution in [0.15, 0.2) is 41.3 Å². The average molecular weight is 394 g/mol. The Morgan fingerprint density at radius 3 is 2.24 bits per heavy atom. The van der Waals surface area contributed by atoms with Crippen molar-refractivity contribution in [2.75, 3.05) is 18.6 Å². The van der Waals surface area contributed by atoms with Gasteiger partial charge in [-0.3, -0.25) is 0 Å². The molecular weight excluding hydrogens is 377 g/mol. The normalized spacial score (nSPS) is 15.7. The topological polar surface area (TPSA) is 66.4 Å². The summed E-state index contributed by atoms with van der Waals surface area (Å²) in [4.78, 5) is 1.56. The van der Waals surface area contributed by atoms with Crippen LogP contribution in [-0.2, 0) is 21.0 Å². The number of rotatable bonds is 2. The summed E-state index contributed by atoms with van der Waals surface area (Å²) in [6, 6.07) is 13.1. The van der Waals surface area contributed by atoms with E-state index in [0.717, 1.165) is 5.75 Å². The molecule has 0 radical (unpaired) electrons. The van der Waals surface area contributed by atoms with Gasteiger partial charge in [0.1, 0.15) is 17.3 Å². The fourth-order valence-electron chi connectivity index (χ4n) is 2.49. The lowest BCUT2D eigenvalue weighted by atomic mass is 10.1. The molecule has 0 aliphatic carbocycles. The highest BCUT2D eigenvalue weighted by Crippen LogP contribution is 2.31. The summed E-state index contributed by atoms with van der Waals surface area (Å²) >= 11 is 0. The molecule has 1 aliphatic rings. The minimum atomic E-state index is -6.09. The molecular formula is C16H17F3O4S2. The first-order chi connectivity index (χ1) is 11.6. The summed E-state index contributed by atoms with van der Waals surface area (Å²) in [6.45, 7) is 0. The first kappa shape index (κ1) is 19.9. The quantitative estimate of drug-likeness (QED) is 0.443. The Morgan fingerprint density at radius 2 is 1.72 bits per heavy atom. The molecule has 3 rings (SSSR count). The number of hydrogen-bond donors (Lipinski definition) is 0. The van der Waals surface area contributed by atoms with Gasteiger partial charge in [0.2, 0.25) is 0 Å². The Bertz CT molecular complexity index is 829. The van der Waals surface area contributed by atoms with E-state index in [9.17, 15) is 13.2 Å². The zero-order valence-electron chi connectivity index (χ0n) is 13.4. The second-order valence-corrected chi connectivity index (χ2v) is 8.96. The zero-order valence-corrected chi connectivity index (χ0v) is 15.0. The molecule has 2 aromatic carbocycles. The third-order valence-corrected chi connectivity index (χ3v) is 6.78. The monoisotopic (exact) mass is 394 g/mol. The van der Waals surface area contributed by atoms with Crippen LogP contribution >= 0.6 is 0 Å². The number of benzene rings is 2. The molecule has 0 spiro atoms. The number of halogens is 3. The summed E-state index contributed by atoms with van der Waals surface area (Å²) < 4.78 is 64.2. The molecule has 1 fully saturated rings. The van der Waals surface area contributed by atoms with Gasteiger partial charge in [0.15, 0.2) is 15.0 Å². The van der Waals surface area contributed by atoms with Gasteiger partial charge in [0.05, 0.1) is 7.11 Å². The van der Waals surface area contributed by atoms with Gasteiger partial charge in [-0.05, 0) is 42.5 Å². The molecule has 0 atom stereocenters. The van der Waals surface area contributed by atoms with Crippen molar-refractivity contribution in [3.63, 3.8) is 0 Å². The second kappa shape index (κ2) is 7.84. The average Bonchev–Trinajstić information content (AvgIpc) is 3.06. The SMILES string of the molecule is COc1ccc2c([S+]3CCCC3)cccc2c1.O=S(=O)([O-])C(F)(F)F. The Kier molecular flexibility index (Phi) is 6.23. The number of ether oxygens (including phenoxy) is 1. The fourth-order valence-corrected chi connectivity index (χ4v) is 5.00. The van der Waals surface area contributed by atoms with Crippen molar-refractivity contribution < 1.29 is 30.9 Å². The minimum Gasteiger partial charge on any atom is -0.741 e. The smallest absolute Gasteiger partial charge is 0.485 e. The van der Waals surface area contributed by atoms with E-state index in [2.05, 4.69) is 36.4 Å². The van der Waals surface area contributed by atoms with Gasteiger partial charge in [-0.15, -0.1) is 0 Å². The molecule has 2 aromatic rings. The molecule has 138 valence electrons. The van der Waals surface area contributed by atoms with Crippen LogP contribution in [0.5, 0.6) is 5.75 Å². The molecule has 25 heavy (non-hydrogen) atoms. The largest absolute Gasteiger partial charge is 0.741 e. The molecule has 0 aromatic heterocycles. The van der Waals surface area contributed by atoms with Gasteiger partial charge in [-0.1, -0.05) is 12.1 Å². The first-order valence-corrected chi connectivity index (χ1v) is 10.4. The maximum absolute atomic E-state index is 10.7. The van der Waals surface area contributed by atoms with Gasteiger partial charge in [-0.2, -0.15) is 13.2 Å². The Morgan fingerprint density at radius 1 is 1.12 bits per heavy atom. The summed E-state index contributed by atoms with van der Waals surface area (Å²) in [5.41, 5.74) is -5.65. The van der Waals surface area contributed by atoms with Crippen LogP contribution in [0, 0.1) is 0 Å². The summed E-state index contributed by atoms with van der Waals surface area (Å²) in [6.07, 6.45) is 2.80. The second-order valence-electron chi connectivity index (χ2n) is 5.35. The number of hydrogen-bond acceptors (Lipinski definition) is 4. The van der Waals surface area contributed by atoms with E-state index in [1.807, 2.05) is 0 Å². The van der Waals surface area contributed by atoms with Crippen LogP contribution in [-0.4, -0.2) is 37.1 Å². The molecule has 1 aliphatic heterocycles. The van der Waals surface area contributed by atoms with E-state index in [-0.39, 0.29) is 0 Å². The van der Waals surface area contributed by atoms with Crippen LogP contribution in [0.4, 0.5) is 13.2 Å². The van der Waals surface area contributed by atoms with E-state index >= 15 is 0 Å². The van der Waals surface area contributed by atoms with Gasteiger partial charge >= 0.3 is 5.51 Å². The lowest BCUT2D eigenvalue weighted by Gasteiger charge is -2.08. The summed E-state index contributed by atoms with van der Waals surface area (Å²) in [5.74, 6) is 3.71. The number of alkyl halides is 3. The molecule has 0 saturated carbocycles. The predicted molar refractivity (Wildman–Crippen MR) is 90.9 cm³/mol. The Balaban J connectivity index is 0.000000242. The van der Waals surface area contributed by atoms with Gasteiger partial charge in [-0.25, -0.2) is 8.42 Å². The van der Waals surface area contributed by atoms with Gasteiger partial charge in [0.25, 0.3) is 0 Å². The zero-order chi connectivity index (χ0) is 18.7. The van der Waals surface area contributed by atoms with E-state index in [0.29, 0.717) is 10.9 Å². The molecule has 1 saturated heterocycles. The van der Waals surface area contributed by atoms with Crippen LogP contribution < -0.4 is 4.74 Å². The van der Waals surface area contributed by atoms with E-state index in [1.165, 1.54) is 35.1 Å². The molecule has 0 amide bonds. The lowest BCUT2D eigenvalue weighted by Crippen LogP contribution is -2.21. The number of fused-ring (bicyclic) bond motifs is 1. The summed E-state index contributed by atoms with van der Waals surface area (Å²) in [7, 11) is -3.88. The van der Waals surface area contributed by atoms with E-state index in [1.54, 1.807) is 12.0 Å². The minimum absolute atomic E-state index is 0.485. The third-order valence-electron chi connectivity index (χ3n) is 3.67. The van der Waals surface area contributed by atoms with Gasteiger partial charge in [0, 0.05) is 16.3 Å². The van der Waals surface area contributed by atoms with Crippen LogP contribution in [0.3, 0.4) is 0 Å². The molecule has 0 bridgehead atoms. The highest BCUT2D eigenvalue weighted by Gasteiger charge is 2.36. The fraction of sp³-hybridized carbons (Fsp3) is 0.375. The molecule has 1 heterocycles. The molecule has 0 N–H and O–H groups in total. The van der Waals surface area contributed by atoms with Crippen molar-refractivity contribution in [1.29, 1.82) is 0 Å². The van der Waals surface area contributed by atoms with Crippen molar-refractivity contribution in [3.05, 3.63) is 36.4 Å². The van der Waals surface area contributed by atoms with Crippen molar-refractivity contribution in [2.45, 2.75) is 23.2 Å². The van der Waals surface area contributed by atoms with E-state index < -0.39 is 15.6 Å². The predicted octanol–water partition coefficient (Wildman–Crippen LogP) is 3.67. The van der Waals surface area contributed by atoms with Crippen molar-refractivity contribution in [2.24, 2.45) is 0 Å². The highest BCUT2D eigenvalue weighted by molar-refractivity contribution is 7.97. The van der Waals surface area contributed by atoms with Crippen LogP contribution in [0.25, 0.3) is 10.8 Å².